The Bertz CT molecular complexity index is 669. The highest BCUT2D eigenvalue weighted by Crippen LogP contribution is 2.28. The molecule has 8 heteroatoms. The van der Waals surface area contributed by atoms with Gasteiger partial charge in [0.05, 0.1) is 12.7 Å². The van der Waals surface area contributed by atoms with E-state index in [-0.39, 0.29) is 23.3 Å². The highest BCUT2D eigenvalue weighted by Gasteiger charge is 2.16. The van der Waals surface area contributed by atoms with Crippen LogP contribution in [0.1, 0.15) is 6.42 Å². The van der Waals surface area contributed by atoms with E-state index in [2.05, 4.69) is 10.2 Å². The highest BCUT2D eigenvalue weighted by atomic mass is 32.2. The Kier molecular flexibility index (Phi) is 5.15. The molecule has 2 rings (SSSR count). The van der Waals surface area contributed by atoms with Gasteiger partial charge in [0.1, 0.15) is 16.5 Å². The van der Waals surface area contributed by atoms with Crippen LogP contribution in [0.5, 0.6) is 5.75 Å². The van der Waals surface area contributed by atoms with Crippen molar-refractivity contribution in [1.82, 2.24) is 10.2 Å². The van der Waals surface area contributed by atoms with E-state index < -0.39 is 16.9 Å². The van der Waals surface area contributed by atoms with Gasteiger partial charge in [0.25, 0.3) is 12.0 Å². The topological polar surface area (TPSA) is 65.2 Å². The Labute approximate surface area is 122 Å². The van der Waals surface area contributed by atoms with Gasteiger partial charge in [0.15, 0.2) is 0 Å². The Morgan fingerprint density at radius 3 is 2.86 bits per heavy atom. The second-order valence-corrected chi connectivity index (χ2v) is 5.35. The lowest BCUT2D eigenvalue weighted by atomic mass is 10.2. The minimum atomic E-state index is -1.80. The minimum Gasteiger partial charge on any atom is -0.496 e. The number of hydrogen-bond acceptors (Lipinski definition) is 5. The number of nitrogens with zero attached hydrogens (tertiary/aromatic N) is 2. The molecule has 112 valence electrons. The number of allylic oxidation sites excluding steroid dienone is 1. The van der Waals surface area contributed by atoms with E-state index in [1.54, 1.807) is 24.3 Å². The van der Waals surface area contributed by atoms with Crippen LogP contribution in [0.15, 0.2) is 46.1 Å². The summed E-state index contributed by atoms with van der Waals surface area (Å²) in [4.78, 5) is 0. The Morgan fingerprint density at radius 2 is 2.14 bits per heavy atom. The van der Waals surface area contributed by atoms with Gasteiger partial charge in [-0.3, -0.25) is 0 Å². The number of rotatable bonds is 6. The maximum atomic E-state index is 11.9. The molecule has 0 aliphatic carbocycles. The lowest BCUT2D eigenvalue weighted by Crippen LogP contribution is -1.97. The van der Waals surface area contributed by atoms with Crippen molar-refractivity contribution < 1.29 is 22.1 Å². The van der Waals surface area contributed by atoms with E-state index in [1.165, 1.54) is 7.11 Å². The van der Waals surface area contributed by atoms with Crippen molar-refractivity contribution in [2.75, 3.05) is 12.9 Å². The van der Waals surface area contributed by atoms with Crippen molar-refractivity contribution in [3.05, 3.63) is 36.4 Å². The molecule has 0 saturated carbocycles. The maximum absolute atomic E-state index is 11.9. The molecule has 1 atom stereocenters. The average molecular weight is 314 g/mol. The van der Waals surface area contributed by atoms with E-state index >= 15 is 0 Å². The number of benzene rings is 1. The Balaban J connectivity index is 2.14. The molecular weight excluding hydrogens is 302 g/mol. The zero-order valence-electron chi connectivity index (χ0n) is 11.1. The zero-order chi connectivity index (χ0) is 15.2. The summed E-state index contributed by atoms with van der Waals surface area (Å²) in [5, 5.41) is 7.40. The molecule has 1 unspecified atom stereocenters. The van der Waals surface area contributed by atoms with Gasteiger partial charge in [-0.1, -0.05) is 17.2 Å². The summed E-state index contributed by atoms with van der Waals surface area (Å²) < 4.78 is 46.1. The third-order valence-corrected chi connectivity index (χ3v) is 3.70. The van der Waals surface area contributed by atoms with Gasteiger partial charge in [-0.25, -0.2) is 4.21 Å². The van der Waals surface area contributed by atoms with Crippen LogP contribution in [0.2, 0.25) is 0 Å². The lowest BCUT2D eigenvalue weighted by molar-refractivity contribution is 0.410. The standard InChI is InChI=1S/C13H12F2N2O3S/c1-19-10-6-3-2-5-9(10)12-16-17-13(20-12)21(18)8-4-7-11(14)15/h2-3,5-7H,4,8H2,1H3. The van der Waals surface area contributed by atoms with Crippen LogP contribution in [-0.2, 0) is 10.8 Å². The number of aromatic nitrogens is 2. The van der Waals surface area contributed by atoms with Gasteiger partial charge >= 0.3 is 5.22 Å². The molecule has 0 fully saturated rings. The number of ether oxygens (including phenoxy) is 1. The monoisotopic (exact) mass is 314 g/mol. The largest absolute Gasteiger partial charge is 0.496 e. The van der Waals surface area contributed by atoms with Crippen molar-refractivity contribution in [2.24, 2.45) is 0 Å². The first-order chi connectivity index (χ1) is 10.1. The van der Waals surface area contributed by atoms with Crippen LogP contribution in [0.3, 0.4) is 0 Å². The summed E-state index contributed by atoms with van der Waals surface area (Å²) in [6.45, 7) is 0. The van der Waals surface area contributed by atoms with Crippen molar-refractivity contribution >= 4 is 10.8 Å². The molecule has 5 nitrogen and oxygen atoms in total. The quantitative estimate of drug-likeness (QED) is 0.820. The molecule has 0 radical (unpaired) electrons. The number of para-hydroxylation sites is 1. The van der Waals surface area contributed by atoms with Gasteiger partial charge in [-0.2, -0.15) is 8.78 Å². The van der Waals surface area contributed by atoms with E-state index in [9.17, 15) is 13.0 Å². The van der Waals surface area contributed by atoms with E-state index in [0.717, 1.165) is 0 Å². The summed E-state index contributed by atoms with van der Waals surface area (Å²) in [6.07, 6.45) is -1.12. The molecule has 1 heterocycles. The second-order valence-electron chi connectivity index (χ2n) is 3.91. The predicted octanol–water partition coefficient (Wildman–Crippen LogP) is 3.02. The van der Waals surface area contributed by atoms with Crippen molar-refractivity contribution in [3.63, 3.8) is 0 Å². The van der Waals surface area contributed by atoms with Crippen LogP contribution in [-0.4, -0.2) is 27.3 Å². The van der Waals surface area contributed by atoms with Gasteiger partial charge in [0.2, 0.25) is 0 Å². The number of methoxy groups -OCH3 is 1. The van der Waals surface area contributed by atoms with Crippen molar-refractivity contribution in [1.29, 1.82) is 0 Å². The molecule has 1 aromatic carbocycles. The molecule has 0 aliphatic heterocycles. The van der Waals surface area contributed by atoms with Crippen molar-refractivity contribution in [3.8, 4) is 17.2 Å². The van der Waals surface area contributed by atoms with Crippen molar-refractivity contribution in [2.45, 2.75) is 11.6 Å². The van der Waals surface area contributed by atoms with Crippen LogP contribution >= 0.6 is 0 Å². The summed E-state index contributed by atoms with van der Waals surface area (Å²) in [5.74, 6) is 0.703. The van der Waals surface area contributed by atoms with E-state index in [4.69, 9.17) is 9.15 Å². The SMILES string of the molecule is COc1ccccc1-c1nnc(S(=O)CCC=C(F)F)o1. The third kappa shape index (κ3) is 3.94. The van der Waals surface area contributed by atoms with Gasteiger partial charge in [-0.05, 0) is 24.6 Å². The van der Waals surface area contributed by atoms with Crippen LogP contribution in [0, 0.1) is 0 Å². The van der Waals surface area contributed by atoms with Gasteiger partial charge in [-0.15, -0.1) is 5.10 Å². The minimum absolute atomic E-state index is 0.00903. The fourth-order valence-electron chi connectivity index (χ4n) is 1.59. The zero-order valence-corrected chi connectivity index (χ0v) is 11.9. The molecule has 21 heavy (non-hydrogen) atoms. The lowest BCUT2D eigenvalue weighted by Gasteiger charge is -2.03. The Hall–Kier alpha value is -2.09. The summed E-state index contributed by atoms with van der Waals surface area (Å²) >= 11 is 0. The molecular formula is C13H12F2N2O3S. The summed E-state index contributed by atoms with van der Waals surface area (Å²) in [6, 6.07) is 7.01. The highest BCUT2D eigenvalue weighted by molar-refractivity contribution is 7.84. The average Bonchev–Trinajstić information content (AvgIpc) is 2.96. The van der Waals surface area contributed by atoms with Gasteiger partial charge < -0.3 is 9.15 Å². The first-order valence-corrected chi connectivity index (χ1v) is 7.30. The van der Waals surface area contributed by atoms with E-state index in [1.807, 2.05) is 0 Å². The first-order valence-electron chi connectivity index (χ1n) is 5.98. The molecule has 1 aromatic heterocycles. The fraction of sp³-hybridized carbons (Fsp3) is 0.231. The molecule has 0 saturated heterocycles. The van der Waals surface area contributed by atoms with Crippen LogP contribution < -0.4 is 4.74 Å². The summed E-state index contributed by atoms with van der Waals surface area (Å²) in [7, 11) is -0.114. The third-order valence-electron chi connectivity index (χ3n) is 2.54. The number of halogens is 2. The number of hydrogen-bond donors (Lipinski definition) is 0. The summed E-state index contributed by atoms with van der Waals surface area (Å²) in [5.41, 5.74) is 0.574. The maximum Gasteiger partial charge on any atom is 0.307 e. The fourth-order valence-corrected chi connectivity index (χ4v) is 2.40. The van der Waals surface area contributed by atoms with Gasteiger partial charge in [0, 0.05) is 5.75 Å². The molecule has 0 bridgehead atoms. The van der Waals surface area contributed by atoms with Crippen LogP contribution in [0.25, 0.3) is 11.5 Å². The second kappa shape index (κ2) is 7.07. The molecule has 0 spiro atoms. The Morgan fingerprint density at radius 1 is 1.38 bits per heavy atom. The predicted molar refractivity (Wildman–Crippen MR) is 72.5 cm³/mol. The van der Waals surface area contributed by atoms with Crippen LogP contribution in [0.4, 0.5) is 8.78 Å². The molecule has 0 N–H and O–H groups in total. The normalized spacial score (nSPS) is 12.0. The molecule has 2 aromatic rings. The molecule has 0 amide bonds. The smallest absolute Gasteiger partial charge is 0.307 e. The first kappa shape index (κ1) is 15.3. The van der Waals surface area contributed by atoms with E-state index in [0.29, 0.717) is 17.4 Å². The molecule has 0 aliphatic rings.